The smallest absolute Gasteiger partial charge is 0.142 e. The lowest BCUT2D eigenvalue weighted by Gasteiger charge is -2.02. The van der Waals surface area contributed by atoms with Crippen molar-refractivity contribution in [1.29, 1.82) is 0 Å². The standard InChI is InChI=1S/C11H10Cl2N2OS/c12-10-2-1-8(5-11(10)13)7-16-14-6-9-3-4-15-17-9/h1-6,9,15H,7H2/b14-6+. The van der Waals surface area contributed by atoms with E-state index in [9.17, 15) is 0 Å². The molecule has 0 spiro atoms. The Morgan fingerprint density at radius 3 is 3.00 bits per heavy atom. The van der Waals surface area contributed by atoms with E-state index >= 15 is 0 Å². The van der Waals surface area contributed by atoms with E-state index in [1.54, 1.807) is 30.3 Å². The van der Waals surface area contributed by atoms with Gasteiger partial charge in [0, 0.05) is 6.20 Å². The molecule has 1 aromatic rings. The lowest BCUT2D eigenvalue weighted by molar-refractivity contribution is 0.131. The second-order valence-corrected chi connectivity index (χ2v) is 5.17. The van der Waals surface area contributed by atoms with E-state index in [1.807, 2.05) is 18.3 Å². The molecule has 1 N–H and O–H groups in total. The van der Waals surface area contributed by atoms with Crippen LogP contribution in [0.25, 0.3) is 0 Å². The first-order valence-electron chi connectivity index (χ1n) is 4.93. The van der Waals surface area contributed by atoms with E-state index in [0.717, 1.165) is 5.56 Å². The fourth-order valence-corrected chi connectivity index (χ4v) is 2.12. The first-order chi connectivity index (χ1) is 8.25. The largest absolute Gasteiger partial charge is 0.391 e. The van der Waals surface area contributed by atoms with Crippen molar-refractivity contribution in [2.24, 2.45) is 5.16 Å². The maximum atomic E-state index is 5.88. The third-order valence-electron chi connectivity index (χ3n) is 2.06. The van der Waals surface area contributed by atoms with Crippen LogP contribution < -0.4 is 4.72 Å². The van der Waals surface area contributed by atoms with Gasteiger partial charge in [-0.25, -0.2) is 0 Å². The normalized spacial score (nSPS) is 18.6. The summed E-state index contributed by atoms with van der Waals surface area (Å²) >= 11 is 13.3. The number of hydrogen-bond acceptors (Lipinski definition) is 4. The number of hydrogen-bond donors (Lipinski definition) is 1. The third-order valence-corrected chi connectivity index (χ3v) is 3.62. The van der Waals surface area contributed by atoms with Gasteiger partial charge in [0.05, 0.1) is 21.5 Å². The molecule has 2 rings (SSSR count). The molecule has 1 aliphatic heterocycles. The van der Waals surface area contributed by atoms with E-state index in [4.69, 9.17) is 28.0 Å². The minimum atomic E-state index is 0.226. The molecule has 0 aromatic heterocycles. The number of nitrogens with one attached hydrogen (secondary N) is 1. The summed E-state index contributed by atoms with van der Waals surface area (Å²) in [4.78, 5) is 5.17. The number of rotatable bonds is 4. The van der Waals surface area contributed by atoms with E-state index in [2.05, 4.69) is 9.88 Å². The predicted octanol–water partition coefficient (Wildman–Crippen LogP) is 3.63. The molecule has 6 heteroatoms. The van der Waals surface area contributed by atoms with Crippen LogP contribution in [0.5, 0.6) is 0 Å². The van der Waals surface area contributed by atoms with Crippen molar-refractivity contribution in [3.63, 3.8) is 0 Å². The zero-order chi connectivity index (χ0) is 12.1. The van der Waals surface area contributed by atoms with Gasteiger partial charge in [0.2, 0.25) is 0 Å². The topological polar surface area (TPSA) is 33.6 Å². The second-order valence-electron chi connectivity index (χ2n) is 3.34. The van der Waals surface area contributed by atoms with Crippen LogP contribution in [-0.2, 0) is 11.4 Å². The van der Waals surface area contributed by atoms with Crippen molar-refractivity contribution in [2.45, 2.75) is 11.9 Å². The third kappa shape index (κ3) is 3.84. The van der Waals surface area contributed by atoms with Crippen LogP contribution in [0.2, 0.25) is 10.0 Å². The van der Waals surface area contributed by atoms with E-state index in [-0.39, 0.29) is 5.25 Å². The number of benzene rings is 1. The molecule has 0 radical (unpaired) electrons. The highest BCUT2D eigenvalue weighted by Gasteiger charge is 2.05. The van der Waals surface area contributed by atoms with Gasteiger partial charge in [-0.05, 0) is 35.7 Å². The molecule has 0 saturated carbocycles. The van der Waals surface area contributed by atoms with Crippen LogP contribution in [-0.4, -0.2) is 11.5 Å². The summed E-state index contributed by atoms with van der Waals surface area (Å²) in [5.41, 5.74) is 0.935. The Labute approximate surface area is 114 Å². The molecule has 0 bridgehead atoms. The van der Waals surface area contributed by atoms with Gasteiger partial charge in [-0.3, -0.25) is 0 Å². The van der Waals surface area contributed by atoms with Gasteiger partial charge >= 0.3 is 0 Å². The molecule has 1 aromatic carbocycles. The zero-order valence-electron chi connectivity index (χ0n) is 8.77. The zero-order valence-corrected chi connectivity index (χ0v) is 11.1. The lowest BCUT2D eigenvalue weighted by atomic mass is 10.2. The Bertz CT molecular complexity index is 451. The highest BCUT2D eigenvalue weighted by molar-refractivity contribution is 7.99. The van der Waals surface area contributed by atoms with Gasteiger partial charge in [0.1, 0.15) is 6.61 Å². The maximum Gasteiger partial charge on any atom is 0.142 e. The molecular formula is C11H10Cl2N2OS. The molecule has 0 saturated heterocycles. The van der Waals surface area contributed by atoms with Crippen LogP contribution in [0, 0.1) is 0 Å². The van der Waals surface area contributed by atoms with Crippen molar-refractivity contribution in [2.75, 3.05) is 0 Å². The van der Waals surface area contributed by atoms with Crippen LogP contribution >= 0.6 is 35.1 Å². The van der Waals surface area contributed by atoms with Crippen LogP contribution in [0.15, 0.2) is 35.6 Å². The van der Waals surface area contributed by atoms with E-state index < -0.39 is 0 Å². The Kier molecular flexibility index (Phi) is 4.59. The predicted molar refractivity (Wildman–Crippen MR) is 73.4 cm³/mol. The van der Waals surface area contributed by atoms with Crippen LogP contribution in [0.4, 0.5) is 0 Å². The molecular weight excluding hydrogens is 279 g/mol. The fourth-order valence-electron chi connectivity index (χ4n) is 1.22. The first kappa shape index (κ1) is 12.6. The number of oxime groups is 1. The van der Waals surface area contributed by atoms with Gasteiger partial charge in [0.15, 0.2) is 0 Å². The lowest BCUT2D eigenvalue weighted by Crippen LogP contribution is -1.99. The summed E-state index contributed by atoms with van der Waals surface area (Å²) in [5.74, 6) is 0. The molecule has 1 unspecified atom stereocenters. The molecule has 17 heavy (non-hydrogen) atoms. The van der Waals surface area contributed by atoms with Crippen molar-refractivity contribution >= 4 is 41.4 Å². The summed E-state index contributed by atoms with van der Waals surface area (Å²) in [6, 6.07) is 5.37. The highest BCUT2D eigenvalue weighted by atomic mass is 35.5. The summed E-state index contributed by atoms with van der Waals surface area (Å²) in [6.07, 6.45) is 5.61. The molecule has 1 aliphatic rings. The minimum absolute atomic E-state index is 0.226. The van der Waals surface area contributed by atoms with Crippen molar-refractivity contribution in [3.8, 4) is 0 Å². The molecule has 0 amide bonds. The molecule has 1 heterocycles. The number of halogens is 2. The van der Waals surface area contributed by atoms with Crippen molar-refractivity contribution in [1.82, 2.24) is 4.72 Å². The maximum absolute atomic E-state index is 5.88. The molecule has 0 aliphatic carbocycles. The monoisotopic (exact) mass is 288 g/mol. The van der Waals surface area contributed by atoms with Gasteiger partial charge in [0.25, 0.3) is 0 Å². The van der Waals surface area contributed by atoms with Crippen LogP contribution in [0.3, 0.4) is 0 Å². The molecule has 3 nitrogen and oxygen atoms in total. The Morgan fingerprint density at radius 2 is 2.29 bits per heavy atom. The van der Waals surface area contributed by atoms with Crippen molar-refractivity contribution < 1.29 is 4.84 Å². The SMILES string of the molecule is Clc1ccc(CO/N=C/C2C=CNS2)cc1Cl. The Morgan fingerprint density at radius 1 is 1.41 bits per heavy atom. The van der Waals surface area contributed by atoms with E-state index in [1.165, 1.54) is 0 Å². The van der Waals surface area contributed by atoms with E-state index in [0.29, 0.717) is 16.7 Å². The average molecular weight is 289 g/mol. The van der Waals surface area contributed by atoms with Gasteiger partial charge in [-0.2, -0.15) is 0 Å². The highest BCUT2D eigenvalue weighted by Crippen LogP contribution is 2.22. The minimum Gasteiger partial charge on any atom is -0.391 e. The Balaban J connectivity index is 1.81. The summed E-state index contributed by atoms with van der Waals surface area (Å²) in [6.45, 7) is 0.377. The Hall–Kier alpha value is -0.840. The van der Waals surface area contributed by atoms with Crippen LogP contribution in [0.1, 0.15) is 5.56 Å². The van der Waals surface area contributed by atoms with Gasteiger partial charge in [-0.15, -0.1) is 0 Å². The summed E-state index contributed by atoms with van der Waals surface area (Å²) in [5, 5.41) is 5.18. The quantitative estimate of drug-likeness (QED) is 0.522. The van der Waals surface area contributed by atoms with Gasteiger partial charge in [-0.1, -0.05) is 34.4 Å². The van der Waals surface area contributed by atoms with Gasteiger partial charge < -0.3 is 9.56 Å². The van der Waals surface area contributed by atoms with Crippen molar-refractivity contribution in [3.05, 3.63) is 46.1 Å². The summed E-state index contributed by atoms with van der Waals surface area (Å²) in [7, 11) is 0. The average Bonchev–Trinajstić information content (AvgIpc) is 2.82. The first-order valence-corrected chi connectivity index (χ1v) is 6.56. The fraction of sp³-hybridized carbons (Fsp3) is 0.182. The summed E-state index contributed by atoms with van der Waals surface area (Å²) < 4.78 is 3.00. The molecule has 90 valence electrons. The molecule has 1 atom stereocenters. The number of nitrogens with zero attached hydrogens (tertiary/aromatic N) is 1. The molecule has 0 fully saturated rings. The second kappa shape index (κ2) is 6.19.